The minimum Gasteiger partial charge on any atom is -0.495 e. The van der Waals surface area contributed by atoms with Crippen LogP contribution in [0.25, 0.3) is 10.9 Å². The summed E-state index contributed by atoms with van der Waals surface area (Å²) < 4.78 is 8.83. The molecule has 0 radical (unpaired) electrons. The third-order valence-electron chi connectivity index (χ3n) is 3.55. The van der Waals surface area contributed by atoms with Crippen LogP contribution >= 0.6 is 15.9 Å². The Kier molecular flexibility index (Phi) is 3.69. The number of rotatable bonds is 3. The lowest BCUT2D eigenvalue weighted by Crippen LogP contribution is -2.16. The van der Waals surface area contributed by atoms with Crippen molar-refractivity contribution in [2.24, 2.45) is 7.05 Å². The molecule has 18 heavy (non-hydrogen) atoms. The number of hydrogen-bond acceptors (Lipinski definition) is 2. The van der Waals surface area contributed by atoms with E-state index >= 15 is 0 Å². The van der Waals surface area contributed by atoms with Gasteiger partial charge in [0.15, 0.2) is 0 Å². The third-order valence-corrected chi connectivity index (χ3v) is 4.36. The van der Waals surface area contributed by atoms with Crippen LogP contribution in [0.1, 0.15) is 24.2 Å². The number of benzene rings is 1. The van der Waals surface area contributed by atoms with Crippen molar-refractivity contribution in [2.45, 2.75) is 19.9 Å². The molecule has 0 saturated carbocycles. The highest BCUT2D eigenvalue weighted by Gasteiger charge is 2.21. The van der Waals surface area contributed by atoms with Crippen molar-refractivity contribution in [3.05, 3.63) is 27.9 Å². The Morgan fingerprint density at radius 1 is 1.39 bits per heavy atom. The van der Waals surface area contributed by atoms with E-state index in [0.717, 1.165) is 15.7 Å². The average molecular weight is 311 g/mol. The van der Waals surface area contributed by atoms with Crippen LogP contribution in [0.3, 0.4) is 0 Å². The van der Waals surface area contributed by atoms with E-state index in [1.165, 1.54) is 16.6 Å². The molecule has 0 aliphatic rings. The van der Waals surface area contributed by atoms with E-state index < -0.39 is 0 Å². The third kappa shape index (κ3) is 1.84. The first-order chi connectivity index (χ1) is 8.52. The Labute approximate surface area is 116 Å². The molecule has 2 aromatic rings. The molecule has 1 unspecified atom stereocenters. The number of aryl methyl sites for hydroxylation is 2. The molecule has 0 fully saturated rings. The summed E-state index contributed by atoms with van der Waals surface area (Å²) in [6.45, 7) is 4.28. The molecule has 1 N–H and O–H groups in total. The predicted molar refractivity (Wildman–Crippen MR) is 79.4 cm³/mol. The van der Waals surface area contributed by atoms with E-state index in [1.807, 2.05) is 13.1 Å². The standard InChI is InChI=1S/C14H19BrN2O/c1-8-6-7-10(18-5)14-11(8)12(15)13(17(14)4)9(2)16-3/h6-7,9,16H,1-5H3. The van der Waals surface area contributed by atoms with Crippen molar-refractivity contribution in [2.75, 3.05) is 14.2 Å². The number of hydrogen-bond donors (Lipinski definition) is 1. The summed E-state index contributed by atoms with van der Waals surface area (Å²) >= 11 is 3.74. The van der Waals surface area contributed by atoms with E-state index in [4.69, 9.17) is 4.74 Å². The van der Waals surface area contributed by atoms with Gasteiger partial charge in [-0.15, -0.1) is 0 Å². The minimum absolute atomic E-state index is 0.279. The number of fused-ring (bicyclic) bond motifs is 1. The number of nitrogens with one attached hydrogen (secondary N) is 1. The molecular formula is C14H19BrN2O. The van der Waals surface area contributed by atoms with Crippen LogP contribution in [0.2, 0.25) is 0 Å². The van der Waals surface area contributed by atoms with E-state index in [-0.39, 0.29) is 6.04 Å². The lowest BCUT2D eigenvalue weighted by Gasteiger charge is -2.13. The van der Waals surface area contributed by atoms with Gasteiger partial charge in [-0.25, -0.2) is 0 Å². The molecule has 1 heterocycles. The second-order valence-electron chi connectivity index (χ2n) is 4.58. The average Bonchev–Trinajstić information content (AvgIpc) is 2.63. The highest BCUT2D eigenvalue weighted by atomic mass is 79.9. The number of halogens is 1. The molecule has 2 rings (SSSR count). The van der Waals surface area contributed by atoms with Crippen LogP contribution in [0, 0.1) is 6.92 Å². The van der Waals surface area contributed by atoms with Gasteiger partial charge in [0.25, 0.3) is 0 Å². The van der Waals surface area contributed by atoms with Crippen LogP contribution in [0.4, 0.5) is 0 Å². The number of methoxy groups -OCH3 is 1. The summed E-state index contributed by atoms with van der Waals surface area (Å²) in [6, 6.07) is 4.40. The van der Waals surface area contributed by atoms with Gasteiger partial charge in [0.2, 0.25) is 0 Å². The summed E-state index contributed by atoms with van der Waals surface area (Å²) in [6.07, 6.45) is 0. The largest absolute Gasteiger partial charge is 0.495 e. The smallest absolute Gasteiger partial charge is 0.143 e. The summed E-state index contributed by atoms with van der Waals surface area (Å²) in [5.41, 5.74) is 3.63. The molecule has 0 aliphatic heterocycles. The Morgan fingerprint density at radius 3 is 2.61 bits per heavy atom. The number of ether oxygens (including phenoxy) is 1. The van der Waals surface area contributed by atoms with Gasteiger partial charge in [-0.1, -0.05) is 6.07 Å². The molecule has 0 aliphatic carbocycles. The monoisotopic (exact) mass is 310 g/mol. The first-order valence-electron chi connectivity index (χ1n) is 6.01. The SMILES string of the molecule is CNC(C)c1c(Br)c2c(C)ccc(OC)c2n1C. The Bertz CT molecular complexity index is 589. The maximum Gasteiger partial charge on any atom is 0.143 e. The lowest BCUT2D eigenvalue weighted by atomic mass is 10.1. The van der Waals surface area contributed by atoms with Crippen molar-refractivity contribution in [1.82, 2.24) is 9.88 Å². The van der Waals surface area contributed by atoms with Gasteiger partial charge in [0.05, 0.1) is 12.6 Å². The van der Waals surface area contributed by atoms with Crippen LogP contribution in [0.5, 0.6) is 5.75 Å². The summed E-state index contributed by atoms with van der Waals surface area (Å²) in [5, 5.41) is 4.52. The molecule has 0 saturated heterocycles. The van der Waals surface area contributed by atoms with Crippen LogP contribution in [0.15, 0.2) is 16.6 Å². The molecule has 1 aromatic carbocycles. The first-order valence-corrected chi connectivity index (χ1v) is 6.80. The van der Waals surface area contributed by atoms with E-state index in [2.05, 4.69) is 52.8 Å². The van der Waals surface area contributed by atoms with Crippen LogP contribution in [-0.4, -0.2) is 18.7 Å². The summed E-state index contributed by atoms with van der Waals surface area (Å²) in [5.74, 6) is 0.911. The van der Waals surface area contributed by atoms with Gasteiger partial charge in [-0.2, -0.15) is 0 Å². The number of aromatic nitrogens is 1. The molecule has 1 atom stereocenters. The Balaban J connectivity index is 2.88. The lowest BCUT2D eigenvalue weighted by molar-refractivity contribution is 0.417. The molecular weight excluding hydrogens is 292 g/mol. The van der Waals surface area contributed by atoms with Crippen molar-refractivity contribution in [3.63, 3.8) is 0 Å². The topological polar surface area (TPSA) is 26.2 Å². The fourth-order valence-electron chi connectivity index (χ4n) is 2.46. The Hall–Kier alpha value is -1.00. The summed E-state index contributed by atoms with van der Waals surface area (Å²) in [7, 11) is 5.77. The van der Waals surface area contributed by atoms with Gasteiger partial charge < -0.3 is 14.6 Å². The van der Waals surface area contributed by atoms with Crippen LogP contribution in [-0.2, 0) is 7.05 Å². The molecule has 98 valence electrons. The van der Waals surface area contributed by atoms with Gasteiger partial charge in [-0.3, -0.25) is 0 Å². The fourth-order valence-corrected chi connectivity index (χ4v) is 3.57. The molecule has 1 aromatic heterocycles. The highest BCUT2D eigenvalue weighted by Crippen LogP contribution is 2.39. The zero-order chi connectivity index (χ0) is 13.4. The van der Waals surface area contributed by atoms with Gasteiger partial charge >= 0.3 is 0 Å². The van der Waals surface area contributed by atoms with Gasteiger partial charge in [0.1, 0.15) is 5.75 Å². The fraction of sp³-hybridized carbons (Fsp3) is 0.429. The van der Waals surface area contributed by atoms with Crippen LogP contribution < -0.4 is 10.1 Å². The molecule has 0 bridgehead atoms. The Morgan fingerprint density at radius 2 is 2.06 bits per heavy atom. The van der Waals surface area contributed by atoms with Gasteiger partial charge in [-0.05, 0) is 48.5 Å². The van der Waals surface area contributed by atoms with Crippen molar-refractivity contribution in [3.8, 4) is 5.75 Å². The van der Waals surface area contributed by atoms with Gasteiger partial charge in [0, 0.05) is 28.6 Å². The second-order valence-corrected chi connectivity index (χ2v) is 5.37. The predicted octanol–water partition coefficient (Wildman–Crippen LogP) is 3.54. The quantitative estimate of drug-likeness (QED) is 0.938. The zero-order valence-corrected chi connectivity index (χ0v) is 13.1. The van der Waals surface area contributed by atoms with Crippen molar-refractivity contribution < 1.29 is 4.74 Å². The van der Waals surface area contributed by atoms with E-state index in [0.29, 0.717) is 0 Å². The van der Waals surface area contributed by atoms with E-state index in [1.54, 1.807) is 7.11 Å². The van der Waals surface area contributed by atoms with E-state index in [9.17, 15) is 0 Å². The summed E-state index contributed by atoms with van der Waals surface area (Å²) in [4.78, 5) is 0. The maximum absolute atomic E-state index is 5.48. The first kappa shape index (κ1) is 13.4. The maximum atomic E-state index is 5.48. The molecule has 4 heteroatoms. The molecule has 0 amide bonds. The molecule has 0 spiro atoms. The minimum atomic E-state index is 0.279. The van der Waals surface area contributed by atoms with Crippen molar-refractivity contribution in [1.29, 1.82) is 0 Å². The highest BCUT2D eigenvalue weighted by molar-refractivity contribution is 9.10. The van der Waals surface area contributed by atoms with Crippen molar-refractivity contribution >= 4 is 26.8 Å². The normalized spacial score (nSPS) is 13.0. The molecule has 3 nitrogen and oxygen atoms in total. The second kappa shape index (κ2) is 4.94. The number of nitrogens with zero attached hydrogens (tertiary/aromatic N) is 1. The zero-order valence-electron chi connectivity index (χ0n) is 11.5.